The SMILES string of the molecule is O=C(NCc1ccco1)c1ccc2c(c1)CCCN2S(=O)(=O)c1ccc(Cl)cc1. The largest absolute Gasteiger partial charge is 0.467 e. The minimum absolute atomic E-state index is 0.190. The number of anilines is 1. The number of fused-ring (bicyclic) bond motifs is 1. The molecule has 0 saturated carbocycles. The number of rotatable bonds is 5. The number of aryl methyl sites for hydroxylation is 1. The van der Waals surface area contributed by atoms with Gasteiger partial charge in [-0.25, -0.2) is 8.42 Å². The van der Waals surface area contributed by atoms with Crippen molar-refractivity contribution in [1.82, 2.24) is 5.32 Å². The van der Waals surface area contributed by atoms with Crippen LogP contribution in [0.2, 0.25) is 5.02 Å². The normalized spacial score (nSPS) is 13.8. The zero-order valence-corrected chi connectivity index (χ0v) is 17.0. The molecule has 2 heterocycles. The second-order valence-electron chi connectivity index (χ2n) is 6.74. The first-order chi connectivity index (χ1) is 13.9. The fourth-order valence-electron chi connectivity index (χ4n) is 3.37. The predicted molar refractivity (Wildman–Crippen MR) is 111 cm³/mol. The van der Waals surface area contributed by atoms with Crippen molar-refractivity contribution in [3.8, 4) is 0 Å². The summed E-state index contributed by atoms with van der Waals surface area (Å²) in [5, 5.41) is 3.28. The van der Waals surface area contributed by atoms with Crippen LogP contribution >= 0.6 is 11.6 Å². The summed E-state index contributed by atoms with van der Waals surface area (Å²) in [6.07, 6.45) is 2.94. The summed E-state index contributed by atoms with van der Waals surface area (Å²) in [5.41, 5.74) is 1.93. The van der Waals surface area contributed by atoms with E-state index in [1.807, 2.05) is 0 Å². The van der Waals surface area contributed by atoms with Gasteiger partial charge in [-0.3, -0.25) is 9.10 Å². The van der Waals surface area contributed by atoms with E-state index >= 15 is 0 Å². The van der Waals surface area contributed by atoms with Gasteiger partial charge < -0.3 is 9.73 Å². The van der Waals surface area contributed by atoms with Gasteiger partial charge in [-0.1, -0.05) is 11.6 Å². The molecule has 0 saturated heterocycles. The van der Waals surface area contributed by atoms with Crippen molar-refractivity contribution in [2.45, 2.75) is 24.3 Å². The molecule has 0 atom stereocenters. The molecular weight excluding hydrogens is 412 g/mol. The van der Waals surface area contributed by atoms with Gasteiger partial charge in [0, 0.05) is 17.1 Å². The van der Waals surface area contributed by atoms with Crippen LogP contribution in [-0.4, -0.2) is 20.9 Å². The summed E-state index contributed by atoms with van der Waals surface area (Å²) in [6.45, 7) is 0.683. The van der Waals surface area contributed by atoms with Gasteiger partial charge >= 0.3 is 0 Å². The molecule has 1 amide bonds. The molecular formula is C21H19ClN2O4S. The number of nitrogens with zero attached hydrogens (tertiary/aromatic N) is 1. The molecule has 1 aromatic heterocycles. The fraction of sp³-hybridized carbons (Fsp3) is 0.190. The molecule has 0 spiro atoms. The number of benzene rings is 2. The van der Waals surface area contributed by atoms with Crippen LogP contribution in [0.4, 0.5) is 5.69 Å². The zero-order chi connectivity index (χ0) is 20.4. The highest BCUT2D eigenvalue weighted by atomic mass is 35.5. The van der Waals surface area contributed by atoms with Crippen LogP contribution in [0, 0.1) is 0 Å². The highest BCUT2D eigenvalue weighted by molar-refractivity contribution is 7.92. The van der Waals surface area contributed by atoms with E-state index in [4.69, 9.17) is 16.0 Å². The van der Waals surface area contributed by atoms with E-state index in [1.165, 1.54) is 16.4 Å². The first kappa shape index (κ1) is 19.5. The molecule has 0 unspecified atom stereocenters. The molecule has 1 N–H and O–H groups in total. The van der Waals surface area contributed by atoms with E-state index in [9.17, 15) is 13.2 Å². The van der Waals surface area contributed by atoms with Crippen molar-refractivity contribution in [2.24, 2.45) is 0 Å². The van der Waals surface area contributed by atoms with Gasteiger partial charge in [-0.2, -0.15) is 0 Å². The van der Waals surface area contributed by atoms with Gasteiger partial charge in [-0.15, -0.1) is 0 Å². The predicted octanol–water partition coefficient (Wildman–Crippen LogP) is 4.00. The summed E-state index contributed by atoms with van der Waals surface area (Å²) >= 11 is 5.88. The molecule has 0 fully saturated rings. The lowest BCUT2D eigenvalue weighted by Crippen LogP contribution is -2.35. The quantitative estimate of drug-likeness (QED) is 0.663. The lowest BCUT2D eigenvalue weighted by molar-refractivity contribution is 0.0948. The highest BCUT2D eigenvalue weighted by Gasteiger charge is 2.29. The number of carbonyl (C=O) groups excluding carboxylic acids is 1. The number of sulfonamides is 1. The number of nitrogens with one attached hydrogen (secondary N) is 1. The van der Waals surface area contributed by atoms with Gasteiger partial charge in [0.2, 0.25) is 0 Å². The molecule has 29 heavy (non-hydrogen) atoms. The molecule has 150 valence electrons. The zero-order valence-electron chi connectivity index (χ0n) is 15.5. The van der Waals surface area contributed by atoms with E-state index in [0.717, 1.165) is 5.56 Å². The Morgan fingerprint density at radius 3 is 2.66 bits per heavy atom. The number of hydrogen-bond donors (Lipinski definition) is 1. The van der Waals surface area contributed by atoms with Crippen LogP contribution in [-0.2, 0) is 23.0 Å². The number of halogens is 1. The summed E-state index contributed by atoms with van der Waals surface area (Å²) < 4.78 is 32.8. The molecule has 3 aromatic rings. The lowest BCUT2D eigenvalue weighted by Gasteiger charge is -2.30. The molecule has 6 nitrogen and oxygen atoms in total. The minimum atomic E-state index is -3.70. The molecule has 0 radical (unpaired) electrons. The van der Waals surface area contributed by atoms with Crippen molar-refractivity contribution in [1.29, 1.82) is 0 Å². The molecule has 0 bridgehead atoms. The van der Waals surface area contributed by atoms with E-state index in [2.05, 4.69) is 5.32 Å². The van der Waals surface area contributed by atoms with E-state index < -0.39 is 10.0 Å². The first-order valence-corrected chi connectivity index (χ1v) is 11.0. The summed E-state index contributed by atoms with van der Waals surface area (Å²) in [7, 11) is -3.70. The number of amides is 1. The number of hydrogen-bond acceptors (Lipinski definition) is 4. The smallest absolute Gasteiger partial charge is 0.264 e. The second kappa shape index (κ2) is 7.93. The Morgan fingerprint density at radius 2 is 1.93 bits per heavy atom. The van der Waals surface area contributed by atoms with Crippen molar-refractivity contribution in [3.05, 3.63) is 82.8 Å². The highest BCUT2D eigenvalue weighted by Crippen LogP contribution is 2.33. The number of carbonyl (C=O) groups is 1. The monoisotopic (exact) mass is 430 g/mol. The van der Waals surface area contributed by atoms with Crippen LogP contribution in [0.15, 0.2) is 70.2 Å². The average Bonchev–Trinajstić information content (AvgIpc) is 3.25. The lowest BCUT2D eigenvalue weighted by atomic mass is 10.0. The maximum atomic E-state index is 13.1. The Hall–Kier alpha value is -2.77. The van der Waals surface area contributed by atoms with Crippen LogP contribution in [0.3, 0.4) is 0 Å². The molecule has 2 aromatic carbocycles. The van der Waals surface area contributed by atoms with E-state index in [-0.39, 0.29) is 10.8 Å². The second-order valence-corrected chi connectivity index (χ2v) is 9.04. The molecule has 0 aliphatic carbocycles. The van der Waals surface area contributed by atoms with Crippen LogP contribution in [0.1, 0.15) is 28.1 Å². The molecule has 1 aliphatic rings. The molecule has 8 heteroatoms. The summed E-state index contributed by atoms with van der Waals surface area (Å²) in [4.78, 5) is 12.7. The van der Waals surface area contributed by atoms with E-state index in [1.54, 1.807) is 48.7 Å². The fourth-order valence-corrected chi connectivity index (χ4v) is 5.04. The summed E-state index contributed by atoms with van der Waals surface area (Å²) in [6, 6.07) is 14.8. The minimum Gasteiger partial charge on any atom is -0.467 e. The summed E-state index contributed by atoms with van der Waals surface area (Å²) in [5.74, 6) is 0.429. The Balaban J connectivity index is 1.58. The van der Waals surface area contributed by atoms with Crippen molar-refractivity contribution < 1.29 is 17.6 Å². The molecule has 4 rings (SSSR count). The van der Waals surface area contributed by atoms with Gasteiger partial charge in [-0.05, 0) is 73.0 Å². The van der Waals surface area contributed by atoms with Crippen molar-refractivity contribution >= 4 is 33.2 Å². The van der Waals surface area contributed by atoms with E-state index in [0.29, 0.717) is 48.0 Å². The third kappa shape index (κ3) is 4.02. The topological polar surface area (TPSA) is 79.6 Å². The van der Waals surface area contributed by atoms with Gasteiger partial charge in [0.15, 0.2) is 0 Å². The molecule has 1 aliphatic heterocycles. The van der Waals surface area contributed by atoms with Crippen molar-refractivity contribution in [2.75, 3.05) is 10.8 Å². The standard InChI is InChI=1S/C21H19ClN2O4S/c22-17-6-8-19(9-7-17)29(26,27)24-11-1-3-15-13-16(5-10-20(15)24)21(25)23-14-18-4-2-12-28-18/h2,4-10,12-13H,1,3,11,14H2,(H,23,25). The average molecular weight is 431 g/mol. The van der Waals surface area contributed by atoms with Gasteiger partial charge in [0.25, 0.3) is 15.9 Å². The van der Waals surface area contributed by atoms with Crippen molar-refractivity contribution in [3.63, 3.8) is 0 Å². The Labute approximate surface area is 174 Å². The Morgan fingerprint density at radius 1 is 1.14 bits per heavy atom. The third-order valence-electron chi connectivity index (χ3n) is 4.82. The maximum Gasteiger partial charge on any atom is 0.264 e. The van der Waals surface area contributed by atoms with Gasteiger partial charge in [0.1, 0.15) is 5.76 Å². The third-order valence-corrected chi connectivity index (χ3v) is 6.90. The first-order valence-electron chi connectivity index (χ1n) is 9.17. The van der Waals surface area contributed by atoms with Crippen LogP contribution in [0.25, 0.3) is 0 Å². The Bertz CT molecular complexity index is 1130. The van der Waals surface area contributed by atoms with Crippen LogP contribution in [0.5, 0.6) is 0 Å². The maximum absolute atomic E-state index is 13.1. The Kier molecular flexibility index (Phi) is 5.34. The number of furan rings is 1. The van der Waals surface area contributed by atoms with Crippen LogP contribution < -0.4 is 9.62 Å². The van der Waals surface area contributed by atoms with Gasteiger partial charge in [0.05, 0.1) is 23.4 Å².